The van der Waals surface area contributed by atoms with E-state index in [4.69, 9.17) is 30.8 Å². The van der Waals surface area contributed by atoms with Gasteiger partial charge in [-0.1, -0.05) is 67.8 Å². The van der Waals surface area contributed by atoms with Crippen LogP contribution in [0.4, 0.5) is 0 Å². The number of unbranched alkanes of at least 4 members (excludes halogenated alkanes) is 3. The van der Waals surface area contributed by atoms with Gasteiger partial charge in [0.2, 0.25) is 0 Å². The molecule has 38 heavy (non-hydrogen) atoms. The van der Waals surface area contributed by atoms with Crippen molar-refractivity contribution in [1.82, 2.24) is 14.5 Å². The summed E-state index contributed by atoms with van der Waals surface area (Å²) >= 11 is 6.81. The van der Waals surface area contributed by atoms with Crippen molar-refractivity contribution in [2.45, 2.75) is 65.1 Å². The normalized spacial score (nSPS) is 12.6. The summed E-state index contributed by atoms with van der Waals surface area (Å²) in [4.78, 5) is 18.7. The number of imidazole rings is 1. The smallest absolute Gasteiger partial charge is 0.305 e. The number of methoxy groups -OCH3 is 1. The van der Waals surface area contributed by atoms with Gasteiger partial charge in [0.1, 0.15) is 19.0 Å². The van der Waals surface area contributed by atoms with E-state index in [1.54, 1.807) is 0 Å². The summed E-state index contributed by atoms with van der Waals surface area (Å²) in [5.41, 5.74) is 3.26. The molecule has 0 saturated heterocycles. The highest BCUT2D eigenvalue weighted by Crippen LogP contribution is 2.32. The van der Waals surface area contributed by atoms with Gasteiger partial charge in [-0.05, 0) is 43.5 Å². The van der Waals surface area contributed by atoms with Crippen molar-refractivity contribution in [2.75, 3.05) is 26.9 Å². The van der Waals surface area contributed by atoms with Crippen LogP contribution in [-0.4, -0.2) is 47.3 Å². The first kappa shape index (κ1) is 28.0. The molecule has 0 radical (unpaired) electrons. The lowest BCUT2D eigenvalue weighted by Crippen LogP contribution is -2.26. The van der Waals surface area contributed by atoms with Gasteiger partial charge < -0.3 is 18.8 Å². The van der Waals surface area contributed by atoms with Gasteiger partial charge in [-0.25, -0.2) is 4.98 Å². The molecule has 2 aromatic carbocycles. The van der Waals surface area contributed by atoms with Crippen LogP contribution in [-0.2, 0) is 29.2 Å². The van der Waals surface area contributed by atoms with Crippen molar-refractivity contribution in [2.24, 2.45) is 0 Å². The maximum atomic E-state index is 11.5. The average Bonchev–Trinajstić information content (AvgIpc) is 3.26. The number of fused-ring (bicyclic) bond motifs is 1. The number of benzene rings is 2. The number of ether oxygens (including phenoxy) is 3. The lowest BCUT2D eigenvalue weighted by Gasteiger charge is -2.25. The van der Waals surface area contributed by atoms with E-state index in [0.29, 0.717) is 31.3 Å². The Morgan fingerprint density at radius 3 is 2.58 bits per heavy atom. The van der Waals surface area contributed by atoms with Crippen LogP contribution in [0.2, 0.25) is 5.15 Å². The Balaban J connectivity index is 1.55. The molecule has 0 amide bonds. The Hall–Kier alpha value is -3.03. The van der Waals surface area contributed by atoms with Crippen LogP contribution >= 0.6 is 11.6 Å². The minimum absolute atomic E-state index is 0.154. The number of nitrogens with zero attached hydrogens (tertiary/aromatic N) is 3. The zero-order valence-corrected chi connectivity index (χ0v) is 23.2. The van der Waals surface area contributed by atoms with Crippen LogP contribution in [0, 0.1) is 0 Å². The third kappa shape index (κ3) is 7.51. The minimum Gasteiger partial charge on any atom is -0.486 e. The van der Waals surface area contributed by atoms with Gasteiger partial charge in [0.15, 0.2) is 16.7 Å². The first-order valence-electron chi connectivity index (χ1n) is 13.6. The van der Waals surface area contributed by atoms with Gasteiger partial charge in [-0.2, -0.15) is 0 Å². The van der Waals surface area contributed by atoms with Crippen LogP contribution in [0.25, 0.3) is 11.4 Å². The molecule has 4 rings (SSSR count). The second-order valence-electron chi connectivity index (χ2n) is 9.62. The highest BCUT2D eigenvalue weighted by Gasteiger charge is 2.20. The number of aromatic nitrogens is 2. The monoisotopic (exact) mass is 539 g/mol. The number of carbonyl (C=O) groups excluding carboxylic acids is 1. The molecular weight excluding hydrogens is 502 g/mol. The van der Waals surface area contributed by atoms with E-state index in [-0.39, 0.29) is 5.97 Å². The molecular formula is C30H38ClN3O4. The summed E-state index contributed by atoms with van der Waals surface area (Å²) in [6.45, 7) is 6.49. The Labute approximate surface area is 230 Å². The first-order valence-corrected chi connectivity index (χ1v) is 13.9. The first-order chi connectivity index (χ1) is 18.6. The maximum Gasteiger partial charge on any atom is 0.305 e. The van der Waals surface area contributed by atoms with Gasteiger partial charge in [0.05, 0.1) is 12.8 Å². The summed E-state index contributed by atoms with van der Waals surface area (Å²) in [6.07, 6.45) is 5.32. The molecule has 2 heterocycles. The molecule has 0 unspecified atom stereocenters. The number of halogens is 1. The summed E-state index contributed by atoms with van der Waals surface area (Å²) in [5.74, 6) is 2.35. The number of hydrogen-bond acceptors (Lipinski definition) is 6. The average molecular weight is 540 g/mol. The fourth-order valence-corrected chi connectivity index (χ4v) is 4.97. The largest absolute Gasteiger partial charge is 0.486 e. The summed E-state index contributed by atoms with van der Waals surface area (Å²) in [5, 5.41) is 0.554. The highest BCUT2D eigenvalue weighted by atomic mass is 35.5. The third-order valence-electron chi connectivity index (χ3n) is 6.76. The molecule has 0 aliphatic carbocycles. The minimum atomic E-state index is -0.154. The predicted octanol–water partition coefficient (Wildman–Crippen LogP) is 6.51. The molecule has 1 aliphatic rings. The maximum absolute atomic E-state index is 11.5. The lowest BCUT2D eigenvalue weighted by molar-refractivity contribution is -0.140. The van der Waals surface area contributed by atoms with E-state index < -0.39 is 0 Å². The molecule has 7 nitrogen and oxygen atoms in total. The van der Waals surface area contributed by atoms with E-state index in [2.05, 4.69) is 40.7 Å². The molecule has 8 heteroatoms. The van der Waals surface area contributed by atoms with Crippen LogP contribution in [0.5, 0.6) is 11.5 Å². The SMILES string of the molecule is CCCCn1c(-c2ccccc2)nc(Cl)c1CN(CCCCCC(=O)OC)Cc1ccc2c(c1)OCCO2. The fraction of sp³-hybridized carbons (Fsp3) is 0.467. The molecule has 0 spiro atoms. The standard InChI is InChI=1S/C30H38ClN3O4/c1-3-4-17-34-25(29(31)32-30(34)24-11-7-5-8-12-24)22-33(16-10-6-9-13-28(35)36-2)21-23-14-15-26-27(20-23)38-19-18-37-26/h5,7-8,11-12,14-15,20H,3-4,6,9-10,13,16-19,21-22H2,1-2H3. The molecule has 0 saturated carbocycles. The Morgan fingerprint density at radius 2 is 1.82 bits per heavy atom. The number of hydrogen-bond donors (Lipinski definition) is 0. The van der Waals surface area contributed by atoms with Crippen molar-refractivity contribution >= 4 is 17.6 Å². The van der Waals surface area contributed by atoms with Crippen LogP contribution in [0.3, 0.4) is 0 Å². The van der Waals surface area contributed by atoms with Crippen molar-refractivity contribution in [3.8, 4) is 22.9 Å². The topological polar surface area (TPSA) is 65.8 Å². The number of rotatable bonds is 14. The van der Waals surface area contributed by atoms with Gasteiger partial charge in [-0.15, -0.1) is 0 Å². The van der Waals surface area contributed by atoms with E-state index in [0.717, 1.165) is 85.9 Å². The zero-order chi connectivity index (χ0) is 26.7. The van der Waals surface area contributed by atoms with Crippen LogP contribution in [0.15, 0.2) is 48.5 Å². The van der Waals surface area contributed by atoms with Gasteiger partial charge in [0, 0.05) is 31.6 Å². The van der Waals surface area contributed by atoms with Crippen molar-refractivity contribution < 1.29 is 19.0 Å². The number of carbonyl (C=O) groups is 1. The fourth-order valence-electron chi connectivity index (χ4n) is 4.73. The Bertz CT molecular complexity index is 1180. The molecule has 1 aromatic heterocycles. The van der Waals surface area contributed by atoms with Gasteiger partial charge in [0.25, 0.3) is 0 Å². The van der Waals surface area contributed by atoms with Crippen LogP contribution in [0.1, 0.15) is 56.7 Å². The van der Waals surface area contributed by atoms with E-state index in [1.165, 1.54) is 7.11 Å². The molecule has 0 atom stereocenters. The molecule has 0 fully saturated rings. The molecule has 1 aliphatic heterocycles. The van der Waals surface area contributed by atoms with Crippen LogP contribution < -0.4 is 9.47 Å². The van der Waals surface area contributed by atoms with E-state index in [1.807, 2.05) is 24.3 Å². The Morgan fingerprint density at radius 1 is 1.03 bits per heavy atom. The molecule has 0 bridgehead atoms. The van der Waals surface area contributed by atoms with Gasteiger partial charge >= 0.3 is 5.97 Å². The summed E-state index contributed by atoms with van der Waals surface area (Å²) in [7, 11) is 1.44. The van der Waals surface area contributed by atoms with E-state index in [9.17, 15) is 4.79 Å². The van der Waals surface area contributed by atoms with E-state index >= 15 is 0 Å². The van der Waals surface area contributed by atoms with Crippen molar-refractivity contribution in [3.05, 3.63) is 64.9 Å². The second kappa shape index (κ2) is 14.2. The molecule has 204 valence electrons. The zero-order valence-electron chi connectivity index (χ0n) is 22.5. The molecule has 3 aromatic rings. The summed E-state index contributed by atoms with van der Waals surface area (Å²) in [6, 6.07) is 16.4. The highest BCUT2D eigenvalue weighted by molar-refractivity contribution is 6.30. The Kier molecular flexibility index (Phi) is 10.5. The lowest BCUT2D eigenvalue weighted by atomic mass is 10.1. The number of esters is 1. The summed E-state index contributed by atoms with van der Waals surface area (Å²) < 4.78 is 18.6. The van der Waals surface area contributed by atoms with Crippen molar-refractivity contribution in [3.63, 3.8) is 0 Å². The quantitative estimate of drug-likeness (QED) is 0.172. The third-order valence-corrected chi connectivity index (χ3v) is 7.06. The second-order valence-corrected chi connectivity index (χ2v) is 9.98. The van der Waals surface area contributed by atoms with Crippen molar-refractivity contribution in [1.29, 1.82) is 0 Å². The predicted molar refractivity (Wildman–Crippen MR) is 150 cm³/mol. The molecule has 0 N–H and O–H groups in total. The van der Waals surface area contributed by atoms with Gasteiger partial charge in [-0.3, -0.25) is 9.69 Å².